The SMILES string of the molecule is COc1ccc(-c2nc(-c3ccc4c(c3)-c3ccccc3C4)n(Cc3ccc(C(=O)CCCOCCOCCN)cc3)c2-c2ccc(OC)c(C)c2)cc1C. The number of imidazole rings is 1. The summed E-state index contributed by atoms with van der Waals surface area (Å²) in [5.41, 5.74) is 19.4. The summed E-state index contributed by atoms with van der Waals surface area (Å²) < 4.78 is 24.6. The first-order chi connectivity index (χ1) is 26.9. The molecule has 1 aliphatic rings. The summed E-state index contributed by atoms with van der Waals surface area (Å²) in [7, 11) is 3.40. The number of methoxy groups -OCH3 is 2. The molecule has 55 heavy (non-hydrogen) atoms. The summed E-state index contributed by atoms with van der Waals surface area (Å²) in [6.07, 6.45) is 2.00. The number of ketones is 1. The first kappa shape index (κ1) is 37.8. The minimum Gasteiger partial charge on any atom is -0.496 e. The summed E-state index contributed by atoms with van der Waals surface area (Å²) in [5, 5.41) is 0. The van der Waals surface area contributed by atoms with E-state index in [1.165, 1.54) is 22.3 Å². The van der Waals surface area contributed by atoms with E-state index in [-0.39, 0.29) is 5.78 Å². The molecule has 0 saturated carbocycles. The quantitative estimate of drug-likeness (QED) is 0.0736. The van der Waals surface area contributed by atoms with E-state index < -0.39 is 0 Å². The largest absolute Gasteiger partial charge is 0.496 e. The van der Waals surface area contributed by atoms with Crippen LogP contribution in [0.1, 0.15) is 51.0 Å². The number of benzene rings is 5. The highest BCUT2D eigenvalue weighted by atomic mass is 16.5. The van der Waals surface area contributed by atoms with Gasteiger partial charge in [-0.15, -0.1) is 0 Å². The Bertz CT molecular complexity index is 2290. The van der Waals surface area contributed by atoms with Crippen molar-refractivity contribution in [3.05, 3.63) is 137 Å². The molecule has 0 fully saturated rings. The average Bonchev–Trinajstić information content (AvgIpc) is 3.77. The number of aromatic nitrogens is 2. The van der Waals surface area contributed by atoms with Gasteiger partial charge in [0.25, 0.3) is 0 Å². The molecule has 1 aliphatic carbocycles. The van der Waals surface area contributed by atoms with Gasteiger partial charge >= 0.3 is 0 Å². The Labute approximate surface area is 323 Å². The van der Waals surface area contributed by atoms with Crippen molar-refractivity contribution < 1.29 is 23.7 Å². The molecular weight excluding hydrogens is 687 g/mol. The van der Waals surface area contributed by atoms with Gasteiger partial charge in [-0.3, -0.25) is 4.79 Å². The lowest BCUT2D eigenvalue weighted by Gasteiger charge is -2.16. The highest BCUT2D eigenvalue weighted by molar-refractivity contribution is 5.96. The van der Waals surface area contributed by atoms with Crippen molar-refractivity contribution in [3.8, 4) is 56.5 Å². The van der Waals surface area contributed by atoms with Crippen molar-refractivity contribution in [2.45, 2.75) is 39.7 Å². The average molecular weight is 736 g/mol. The Balaban J connectivity index is 1.27. The maximum Gasteiger partial charge on any atom is 0.162 e. The molecule has 0 aliphatic heterocycles. The van der Waals surface area contributed by atoms with Crippen LogP contribution in [-0.2, 0) is 22.4 Å². The minimum atomic E-state index is 0.0998. The van der Waals surface area contributed by atoms with Gasteiger partial charge < -0.3 is 29.2 Å². The Hall–Kier alpha value is -5.54. The molecule has 1 heterocycles. The van der Waals surface area contributed by atoms with Crippen molar-refractivity contribution in [2.75, 3.05) is 47.2 Å². The molecule has 0 unspecified atom stereocenters. The van der Waals surface area contributed by atoms with E-state index in [2.05, 4.69) is 97.3 Å². The monoisotopic (exact) mass is 735 g/mol. The third kappa shape index (κ3) is 8.27. The predicted octanol–water partition coefficient (Wildman–Crippen LogP) is 9.09. The zero-order valence-electron chi connectivity index (χ0n) is 32.2. The Morgan fingerprint density at radius 3 is 2.07 bits per heavy atom. The highest BCUT2D eigenvalue weighted by Crippen LogP contribution is 2.42. The van der Waals surface area contributed by atoms with Crippen molar-refractivity contribution >= 4 is 5.78 Å². The number of nitrogens with zero attached hydrogens (tertiary/aromatic N) is 2. The maximum atomic E-state index is 13.1. The van der Waals surface area contributed by atoms with E-state index >= 15 is 0 Å². The predicted molar refractivity (Wildman–Crippen MR) is 219 cm³/mol. The number of nitrogens with two attached hydrogens (primary N) is 1. The van der Waals surface area contributed by atoms with Gasteiger partial charge in [0.2, 0.25) is 0 Å². The molecule has 282 valence electrons. The smallest absolute Gasteiger partial charge is 0.162 e. The summed E-state index contributed by atoms with van der Waals surface area (Å²) >= 11 is 0. The van der Waals surface area contributed by atoms with Crippen LogP contribution in [0.4, 0.5) is 0 Å². The molecule has 1 aromatic heterocycles. The van der Waals surface area contributed by atoms with Gasteiger partial charge in [0.05, 0.1) is 45.4 Å². The fourth-order valence-electron chi connectivity index (χ4n) is 7.50. The van der Waals surface area contributed by atoms with Crippen molar-refractivity contribution in [1.82, 2.24) is 9.55 Å². The van der Waals surface area contributed by atoms with Gasteiger partial charge in [0.1, 0.15) is 17.3 Å². The van der Waals surface area contributed by atoms with E-state index in [1.54, 1.807) is 14.2 Å². The minimum absolute atomic E-state index is 0.0998. The lowest BCUT2D eigenvalue weighted by molar-refractivity contribution is 0.0489. The molecule has 0 radical (unpaired) electrons. The summed E-state index contributed by atoms with van der Waals surface area (Å²) in [6.45, 7) is 7.20. The summed E-state index contributed by atoms with van der Waals surface area (Å²) in [4.78, 5) is 18.6. The first-order valence-electron chi connectivity index (χ1n) is 19.0. The van der Waals surface area contributed by atoms with Gasteiger partial charge in [-0.25, -0.2) is 4.98 Å². The molecule has 8 heteroatoms. The van der Waals surface area contributed by atoms with Crippen LogP contribution in [0, 0.1) is 13.8 Å². The molecule has 6 aromatic rings. The van der Waals surface area contributed by atoms with Gasteiger partial charge in [0, 0.05) is 48.4 Å². The molecule has 0 saturated heterocycles. The molecule has 0 bridgehead atoms. The number of fused-ring (bicyclic) bond motifs is 3. The standard InChI is InChI=1S/C47H49N3O5/c1-31-26-37(17-19-43(31)52-3)45-46(38-18-20-44(53-4)32(2)27-38)50(47(49-45)39-16-15-36-28-35-8-5-6-9-40(35)41(36)29-39)30-33-11-13-34(14-12-33)42(51)10-7-22-54-24-25-55-23-21-48/h5-6,8-9,11-20,26-27,29H,7,10,21-25,28,30,48H2,1-4H3. The van der Waals surface area contributed by atoms with Crippen LogP contribution in [0.15, 0.2) is 103 Å². The molecule has 8 nitrogen and oxygen atoms in total. The number of Topliss-reactive ketones (excluding diaryl/α,β-unsaturated/α-hetero) is 1. The second kappa shape index (κ2) is 17.3. The van der Waals surface area contributed by atoms with Crippen molar-refractivity contribution in [3.63, 3.8) is 0 Å². The van der Waals surface area contributed by atoms with E-state index in [1.807, 2.05) is 24.3 Å². The van der Waals surface area contributed by atoms with Crippen LogP contribution in [0.2, 0.25) is 0 Å². The van der Waals surface area contributed by atoms with E-state index in [0.29, 0.717) is 57.9 Å². The van der Waals surface area contributed by atoms with Crippen LogP contribution in [0.3, 0.4) is 0 Å². The number of aryl methyl sites for hydroxylation is 2. The van der Waals surface area contributed by atoms with Gasteiger partial charge in [0.15, 0.2) is 5.78 Å². The third-order valence-corrected chi connectivity index (χ3v) is 10.3. The number of hydrogen-bond acceptors (Lipinski definition) is 7. The van der Waals surface area contributed by atoms with E-state index in [9.17, 15) is 4.79 Å². The van der Waals surface area contributed by atoms with Gasteiger partial charge in [-0.05, 0) is 108 Å². The van der Waals surface area contributed by atoms with Crippen molar-refractivity contribution in [1.29, 1.82) is 0 Å². The molecular formula is C47H49N3O5. The summed E-state index contributed by atoms with van der Waals surface area (Å²) in [6, 6.07) is 35.9. The van der Waals surface area contributed by atoms with Crippen LogP contribution >= 0.6 is 0 Å². The molecule has 2 N–H and O–H groups in total. The van der Waals surface area contributed by atoms with E-state index in [4.69, 9.17) is 29.7 Å². The zero-order chi connectivity index (χ0) is 38.3. The van der Waals surface area contributed by atoms with Gasteiger partial charge in [-0.2, -0.15) is 0 Å². The summed E-state index contributed by atoms with van der Waals surface area (Å²) in [5.74, 6) is 2.63. The molecule has 5 aromatic carbocycles. The molecule has 0 atom stereocenters. The second-order valence-corrected chi connectivity index (χ2v) is 14.0. The lowest BCUT2D eigenvalue weighted by atomic mass is 10.0. The number of carbonyl (C=O) groups excluding carboxylic acids is 1. The topological polar surface area (TPSA) is 97.8 Å². The fraction of sp³-hybridized carbons (Fsp3) is 0.277. The number of hydrogen-bond donors (Lipinski definition) is 1. The first-order valence-corrected chi connectivity index (χ1v) is 19.0. The van der Waals surface area contributed by atoms with Crippen LogP contribution in [0.25, 0.3) is 45.0 Å². The number of rotatable bonds is 17. The number of carbonyl (C=O) groups is 1. The Morgan fingerprint density at radius 2 is 1.36 bits per heavy atom. The fourth-order valence-corrected chi connectivity index (χ4v) is 7.50. The van der Waals surface area contributed by atoms with Crippen molar-refractivity contribution in [2.24, 2.45) is 5.73 Å². The Morgan fingerprint density at radius 1 is 0.709 bits per heavy atom. The molecule has 7 rings (SSSR count). The molecule has 0 amide bonds. The van der Waals surface area contributed by atoms with Crippen LogP contribution < -0.4 is 15.2 Å². The Kier molecular flexibility index (Phi) is 11.9. The zero-order valence-corrected chi connectivity index (χ0v) is 32.2. The van der Waals surface area contributed by atoms with E-state index in [0.717, 1.165) is 68.5 Å². The molecule has 0 spiro atoms. The van der Waals surface area contributed by atoms with Crippen LogP contribution in [0.5, 0.6) is 11.5 Å². The lowest BCUT2D eigenvalue weighted by Crippen LogP contribution is -2.12. The maximum absolute atomic E-state index is 13.1. The second-order valence-electron chi connectivity index (χ2n) is 14.0. The highest BCUT2D eigenvalue weighted by Gasteiger charge is 2.25. The van der Waals surface area contributed by atoms with Gasteiger partial charge in [-0.1, -0.05) is 60.7 Å². The number of ether oxygens (including phenoxy) is 4. The normalized spacial score (nSPS) is 11.7. The third-order valence-electron chi connectivity index (χ3n) is 10.3. The van der Waals surface area contributed by atoms with Crippen LogP contribution in [-0.4, -0.2) is 62.5 Å².